The fourth-order valence-electron chi connectivity index (χ4n) is 4.67. The largest absolute Gasteiger partial charge is 0.494 e. The molecule has 2 aliphatic heterocycles. The highest BCUT2D eigenvalue weighted by molar-refractivity contribution is 7.09. The number of thiophene rings is 1. The zero-order chi connectivity index (χ0) is 22.6. The van der Waals surface area contributed by atoms with Crippen molar-refractivity contribution in [3.05, 3.63) is 52.0 Å². The van der Waals surface area contributed by atoms with Crippen LogP contribution in [0.3, 0.4) is 0 Å². The van der Waals surface area contributed by atoms with Crippen LogP contribution < -0.4 is 10.1 Å². The number of piperazine rings is 1. The zero-order valence-corrected chi connectivity index (χ0v) is 19.3. The Labute approximate surface area is 192 Å². The number of carbonyl (C=O) groups excluding carboxylic acids is 2. The maximum absolute atomic E-state index is 13.8. The molecule has 0 spiro atoms. The van der Waals surface area contributed by atoms with Crippen LogP contribution in [-0.4, -0.2) is 60.4 Å². The average molecular weight is 460 g/mol. The lowest BCUT2D eigenvalue weighted by Gasteiger charge is -2.35. The van der Waals surface area contributed by atoms with Crippen molar-refractivity contribution in [2.24, 2.45) is 0 Å². The Balaban J connectivity index is 1.32. The van der Waals surface area contributed by atoms with Crippen molar-refractivity contribution in [2.45, 2.75) is 44.2 Å². The molecule has 0 bridgehead atoms. The van der Waals surface area contributed by atoms with Crippen LogP contribution in [0.25, 0.3) is 0 Å². The van der Waals surface area contributed by atoms with Gasteiger partial charge in [-0.3, -0.25) is 14.5 Å². The number of rotatable bonds is 8. The molecule has 8 heteroatoms. The summed E-state index contributed by atoms with van der Waals surface area (Å²) in [5.74, 6) is -0.0701. The van der Waals surface area contributed by atoms with Gasteiger partial charge in [0.15, 0.2) is 11.6 Å². The third-order valence-corrected chi connectivity index (χ3v) is 7.36. The van der Waals surface area contributed by atoms with Gasteiger partial charge in [0.05, 0.1) is 7.11 Å². The molecule has 2 saturated heterocycles. The number of ether oxygens (including phenoxy) is 1. The van der Waals surface area contributed by atoms with E-state index in [-0.39, 0.29) is 17.6 Å². The fourth-order valence-corrected chi connectivity index (χ4v) is 5.42. The van der Waals surface area contributed by atoms with Gasteiger partial charge in [-0.1, -0.05) is 12.1 Å². The van der Waals surface area contributed by atoms with E-state index >= 15 is 0 Å². The second-order valence-electron chi connectivity index (χ2n) is 8.71. The van der Waals surface area contributed by atoms with E-state index < -0.39 is 11.4 Å². The molecule has 2 aromatic rings. The number of hydrogen-bond donors (Lipinski definition) is 1. The molecule has 32 heavy (non-hydrogen) atoms. The first-order chi connectivity index (χ1) is 15.5. The van der Waals surface area contributed by atoms with Crippen LogP contribution in [0.5, 0.6) is 5.75 Å². The van der Waals surface area contributed by atoms with Crippen LogP contribution in [0.1, 0.15) is 36.1 Å². The second-order valence-corrected chi connectivity index (χ2v) is 9.74. The Bertz CT molecular complexity index is 944. The van der Waals surface area contributed by atoms with Gasteiger partial charge in [-0.05, 0) is 48.4 Å². The maximum atomic E-state index is 13.8. The average Bonchev–Trinajstić information content (AvgIpc) is 3.44. The Morgan fingerprint density at radius 1 is 1.25 bits per heavy atom. The van der Waals surface area contributed by atoms with Crippen molar-refractivity contribution in [1.29, 1.82) is 0 Å². The highest BCUT2D eigenvalue weighted by atomic mass is 32.1. The summed E-state index contributed by atoms with van der Waals surface area (Å²) in [6.45, 7) is 4.16. The third-order valence-electron chi connectivity index (χ3n) is 6.50. The van der Waals surface area contributed by atoms with Crippen molar-refractivity contribution in [2.75, 3.05) is 33.3 Å². The summed E-state index contributed by atoms with van der Waals surface area (Å²) in [5.41, 5.74) is 0.413. The minimum Gasteiger partial charge on any atom is -0.494 e. The van der Waals surface area contributed by atoms with Crippen LogP contribution in [-0.2, 0) is 22.6 Å². The molecule has 1 aromatic carbocycles. The van der Waals surface area contributed by atoms with Gasteiger partial charge in [0.1, 0.15) is 0 Å². The molecule has 4 rings (SSSR count). The minimum atomic E-state index is -0.476. The standard InChI is InChI=1S/C24H30FN3O3S/c1-31-21-15-18(4-5-20(21)25)16-24(8-6-22(29)26-24)9-7-23(30)28-12-10-27(11-13-28)17-19-3-2-14-32-19/h2-5,14-15H,6-13,16-17H2,1H3,(H,26,29)/t24-/m1/s1. The van der Waals surface area contributed by atoms with Crippen LogP contribution in [0, 0.1) is 5.82 Å². The Morgan fingerprint density at radius 3 is 2.72 bits per heavy atom. The number of methoxy groups -OCH3 is 1. The molecular weight excluding hydrogens is 429 g/mol. The van der Waals surface area contributed by atoms with Crippen molar-refractivity contribution >= 4 is 23.2 Å². The van der Waals surface area contributed by atoms with Gasteiger partial charge in [-0.15, -0.1) is 11.3 Å². The van der Waals surface area contributed by atoms with Crippen molar-refractivity contribution in [1.82, 2.24) is 15.1 Å². The van der Waals surface area contributed by atoms with E-state index in [1.54, 1.807) is 23.5 Å². The highest BCUT2D eigenvalue weighted by Crippen LogP contribution is 2.31. The summed E-state index contributed by atoms with van der Waals surface area (Å²) in [7, 11) is 1.44. The summed E-state index contributed by atoms with van der Waals surface area (Å²) < 4.78 is 18.9. The van der Waals surface area contributed by atoms with Gasteiger partial charge in [0.2, 0.25) is 11.8 Å². The Morgan fingerprint density at radius 2 is 2.06 bits per heavy atom. The van der Waals surface area contributed by atoms with Gasteiger partial charge < -0.3 is 15.0 Å². The van der Waals surface area contributed by atoms with Gasteiger partial charge in [-0.25, -0.2) is 4.39 Å². The predicted molar refractivity (Wildman–Crippen MR) is 122 cm³/mol. The molecule has 1 N–H and O–H groups in total. The van der Waals surface area contributed by atoms with E-state index in [9.17, 15) is 14.0 Å². The van der Waals surface area contributed by atoms with Crippen molar-refractivity contribution < 1.29 is 18.7 Å². The molecule has 2 amide bonds. The van der Waals surface area contributed by atoms with Crippen LogP contribution in [0.15, 0.2) is 35.7 Å². The van der Waals surface area contributed by atoms with Crippen LogP contribution >= 0.6 is 11.3 Å². The van der Waals surface area contributed by atoms with Crippen LogP contribution in [0.2, 0.25) is 0 Å². The molecule has 1 atom stereocenters. The molecule has 0 radical (unpaired) electrons. The van der Waals surface area contributed by atoms with Gasteiger partial charge in [-0.2, -0.15) is 0 Å². The molecule has 2 fully saturated rings. The summed E-state index contributed by atoms with van der Waals surface area (Å²) >= 11 is 1.76. The second kappa shape index (κ2) is 10.0. The van der Waals surface area contributed by atoms with E-state index in [0.717, 1.165) is 38.3 Å². The molecule has 172 valence electrons. The molecule has 6 nitrogen and oxygen atoms in total. The van der Waals surface area contributed by atoms with Gasteiger partial charge >= 0.3 is 0 Å². The minimum absolute atomic E-state index is 0.00807. The predicted octanol–water partition coefficient (Wildman–Crippen LogP) is 3.21. The quantitative estimate of drug-likeness (QED) is 0.659. The third kappa shape index (κ3) is 5.48. The molecule has 2 aliphatic rings. The van der Waals surface area contributed by atoms with Crippen LogP contribution in [0.4, 0.5) is 4.39 Å². The summed E-state index contributed by atoms with van der Waals surface area (Å²) in [5, 5.41) is 5.20. The number of benzene rings is 1. The highest BCUT2D eigenvalue weighted by Gasteiger charge is 2.38. The van der Waals surface area contributed by atoms with E-state index in [1.165, 1.54) is 18.1 Å². The summed E-state index contributed by atoms with van der Waals surface area (Å²) in [4.78, 5) is 30.6. The van der Waals surface area contributed by atoms with E-state index in [2.05, 4.69) is 27.7 Å². The smallest absolute Gasteiger partial charge is 0.222 e. The van der Waals surface area contributed by atoms with Gasteiger partial charge in [0.25, 0.3) is 0 Å². The molecule has 1 aromatic heterocycles. The maximum Gasteiger partial charge on any atom is 0.222 e. The number of nitrogens with one attached hydrogen (secondary N) is 1. The van der Waals surface area contributed by atoms with E-state index in [0.29, 0.717) is 32.1 Å². The molecule has 0 saturated carbocycles. The number of halogens is 1. The number of hydrogen-bond acceptors (Lipinski definition) is 5. The lowest BCUT2D eigenvalue weighted by Crippen LogP contribution is -2.49. The Hall–Kier alpha value is -2.45. The van der Waals surface area contributed by atoms with Crippen molar-refractivity contribution in [3.63, 3.8) is 0 Å². The first kappa shape index (κ1) is 22.7. The first-order valence-corrected chi connectivity index (χ1v) is 12.0. The topological polar surface area (TPSA) is 61.9 Å². The zero-order valence-electron chi connectivity index (χ0n) is 18.4. The fraction of sp³-hybridized carbons (Fsp3) is 0.500. The monoisotopic (exact) mass is 459 g/mol. The lowest BCUT2D eigenvalue weighted by molar-refractivity contribution is -0.133. The first-order valence-electron chi connectivity index (χ1n) is 11.1. The molecule has 0 unspecified atom stereocenters. The van der Waals surface area contributed by atoms with Gasteiger partial charge in [0, 0.05) is 56.0 Å². The van der Waals surface area contributed by atoms with E-state index in [4.69, 9.17) is 4.74 Å². The number of nitrogens with zero attached hydrogens (tertiary/aromatic N) is 2. The molecular formula is C24H30FN3O3S. The normalized spacial score (nSPS) is 21.6. The summed E-state index contributed by atoms with van der Waals surface area (Å²) in [6.07, 6.45) is 2.65. The Kier molecular flexibility index (Phi) is 7.10. The SMILES string of the molecule is COc1cc(C[C@]2(CCC(=O)N3CCN(Cc4cccs4)CC3)CCC(=O)N2)ccc1F. The number of carbonyl (C=O) groups is 2. The lowest BCUT2D eigenvalue weighted by atomic mass is 9.84. The summed E-state index contributed by atoms with van der Waals surface area (Å²) in [6, 6.07) is 9.00. The van der Waals surface area contributed by atoms with E-state index in [1.807, 2.05) is 4.90 Å². The molecule has 0 aliphatic carbocycles. The number of amides is 2. The molecule has 3 heterocycles. The van der Waals surface area contributed by atoms with Crippen molar-refractivity contribution in [3.8, 4) is 5.75 Å².